The van der Waals surface area contributed by atoms with E-state index in [-0.39, 0.29) is 0 Å². The molecule has 0 fully saturated rings. The van der Waals surface area contributed by atoms with E-state index in [4.69, 9.17) is 0 Å². The minimum atomic E-state index is -0.593. The van der Waals surface area contributed by atoms with Crippen LogP contribution in [0.15, 0.2) is 54.9 Å². The summed E-state index contributed by atoms with van der Waals surface area (Å²) in [5.74, 6) is 1.37. The molecule has 2 aromatic heterocycles. The van der Waals surface area contributed by atoms with E-state index >= 15 is 0 Å². The first-order valence-corrected chi connectivity index (χ1v) is 8.42. The lowest BCUT2D eigenvalue weighted by Crippen LogP contribution is -2.14. The molecule has 5 nitrogen and oxygen atoms in total. The van der Waals surface area contributed by atoms with Crippen molar-refractivity contribution in [3.63, 3.8) is 0 Å². The van der Waals surface area contributed by atoms with Crippen LogP contribution in [0.4, 0.5) is 5.82 Å². The third kappa shape index (κ3) is 4.39. The van der Waals surface area contributed by atoms with Gasteiger partial charge >= 0.3 is 0 Å². The van der Waals surface area contributed by atoms with E-state index in [1.165, 1.54) is 0 Å². The van der Waals surface area contributed by atoms with Gasteiger partial charge in [-0.15, -0.1) is 0 Å². The van der Waals surface area contributed by atoms with Crippen LogP contribution in [0.3, 0.4) is 0 Å². The molecule has 0 aliphatic carbocycles. The maximum absolute atomic E-state index is 10.4. The second-order valence-electron chi connectivity index (χ2n) is 5.97. The molecule has 1 atom stereocenters. The molecule has 3 rings (SSSR count). The molecular weight excluding hydrogens is 312 g/mol. The van der Waals surface area contributed by atoms with Gasteiger partial charge in [-0.1, -0.05) is 36.8 Å². The van der Waals surface area contributed by atoms with Gasteiger partial charge in [-0.2, -0.15) is 0 Å². The van der Waals surface area contributed by atoms with Crippen LogP contribution in [0.5, 0.6) is 0 Å². The smallest absolute Gasteiger partial charge is 0.161 e. The minimum Gasteiger partial charge on any atom is -0.387 e. The largest absolute Gasteiger partial charge is 0.387 e. The summed E-state index contributed by atoms with van der Waals surface area (Å²) in [4.78, 5) is 13.2. The van der Waals surface area contributed by atoms with E-state index in [2.05, 4.69) is 27.2 Å². The van der Waals surface area contributed by atoms with Gasteiger partial charge in [0.25, 0.3) is 0 Å². The zero-order valence-electron chi connectivity index (χ0n) is 14.5. The molecule has 5 heteroatoms. The number of nitrogens with zero attached hydrogens (tertiary/aromatic N) is 3. The molecule has 3 aromatic rings. The Labute approximate surface area is 147 Å². The minimum absolute atomic E-state index is 0.388. The molecule has 0 amide bonds. The molecule has 0 saturated heterocycles. The molecule has 0 aliphatic heterocycles. The lowest BCUT2D eigenvalue weighted by molar-refractivity contribution is 0.191. The first-order chi connectivity index (χ1) is 12.2. The highest BCUT2D eigenvalue weighted by Gasteiger charge is 2.10. The first-order valence-electron chi connectivity index (χ1n) is 8.42. The van der Waals surface area contributed by atoms with Crippen molar-refractivity contribution in [3.05, 3.63) is 71.7 Å². The highest BCUT2D eigenvalue weighted by Crippen LogP contribution is 2.19. The van der Waals surface area contributed by atoms with E-state index in [9.17, 15) is 5.11 Å². The molecular formula is C20H22N4O. The quantitative estimate of drug-likeness (QED) is 0.721. The van der Waals surface area contributed by atoms with E-state index in [0.29, 0.717) is 18.2 Å². The summed E-state index contributed by atoms with van der Waals surface area (Å²) >= 11 is 0. The Morgan fingerprint density at radius 1 is 1.08 bits per heavy atom. The summed E-state index contributed by atoms with van der Waals surface area (Å²) in [6, 6.07) is 13.6. The zero-order chi connectivity index (χ0) is 17.6. The summed E-state index contributed by atoms with van der Waals surface area (Å²) in [6.07, 6.45) is 3.68. The van der Waals surface area contributed by atoms with Crippen molar-refractivity contribution in [2.45, 2.75) is 26.4 Å². The number of benzene rings is 1. The molecule has 0 saturated carbocycles. The topological polar surface area (TPSA) is 70.9 Å². The molecule has 25 heavy (non-hydrogen) atoms. The number of aliphatic hydroxyl groups is 1. The van der Waals surface area contributed by atoms with Crippen molar-refractivity contribution in [2.75, 3.05) is 11.9 Å². The van der Waals surface area contributed by atoms with Gasteiger partial charge in [0.15, 0.2) is 5.82 Å². The molecule has 1 aromatic carbocycles. The molecule has 2 heterocycles. The van der Waals surface area contributed by atoms with E-state index < -0.39 is 6.10 Å². The van der Waals surface area contributed by atoms with Crippen molar-refractivity contribution in [2.24, 2.45) is 0 Å². The van der Waals surface area contributed by atoms with Gasteiger partial charge in [0.05, 0.1) is 6.10 Å². The fourth-order valence-corrected chi connectivity index (χ4v) is 2.60. The van der Waals surface area contributed by atoms with Crippen molar-refractivity contribution in [3.8, 4) is 11.4 Å². The van der Waals surface area contributed by atoms with E-state index in [1.54, 1.807) is 12.4 Å². The number of rotatable bonds is 6. The maximum Gasteiger partial charge on any atom is 0.161 e. The number of hydrogen-bond donors (Lipinski definition) is 2. The predicted molar refractivity (Wildman–Crippen MR) is 99.3 cm³/mol. The second kappa shape index (κ2) is 7.85. The molecule has 0 bridgehead atoms. The van der Waals surface area contributed by atoms with Gasteiger partial charge in [0, 0.05) is 36.3 Å². The van der Waals surface area contributed by atoms with Crippen LogP contribution in [0.2, 0.25) is 0 Å². The number of aryl methyl sites for hydroxylation is 2. The van der Waals surface area contributed by atoms with Crippen LogP contribution < -0.4 is 5.32 Å². The predicted octanol–water partition coefficient (Wildman–Crippen LogP) is 3.55. The molecule has 2 N–H and O–H groups in total. The third-order valence-corrected chi connectivity index (χ3v) is 3.98. The fourth-order valence-electron chi connectivity index (χ4n) is 2.60. The Morgan fingerprint density at radius 2 is 1.88 bits per heavy atom. The molecule has 1 unspecified atom stereocenters. The van der Waals surface area contributed by atoms with Gasteiger partial charge in [0.1, 0.15) is 5.82 Å². The van der Waals surface area contributed by atoms with Crippen LogP contribution in [-0.2, 0) is 6.42 Å². The van der Waals surface area contributed by atoms with Crippen LogP contribution in [0.1, 0.15) is 29.8 Å². The Hall–Kier alpha value is -2.79. The SMILES string of the molecule is CCc1cc(NCC(O)c2cccc(C)c2)nc(-c2ccncc2)n1. The van der Waals surface area contributed by atoms with Crippen molar-refractivity contribution >= 4 is 5.82 Å². The van der Waals surface area contributed by atoms with Gasteiger partial charge < -0.3 is 10.4 Å². The van der Waals surface area contributed by atoms with E-state index in [1.807, 2.05) is 49.4 Å². The monoisotopic (exact) mass is 334 g/mol. The fraction of sp³-hybridized carbons (Fsp3) is 0.250. The number of anilines is 1. The standard InChI is InChI=1S/C20H22N4O/c1-3-17-12-19(24-20(23-17)15-7-9-21-10-8-15)22-13-18(25)16-6-4-5-14(2)11-16/h4-12,18,25H,3,13H2,1-2H3,(H,22,23,24). The second-order valence-corrected chi connectivity index (χ2v) is 5.97. The number of aliphatic hydroxyl groups excluding tert-OH is 1. The Kier molecular flexibility index (Phi) is 5.36. The lowest BCUT2D eigenvalue weighted by atomic mass is 10.1. The van der Waals surface area contributed by atoms with Gasteiger partial charge in [-0.3, -0.25) is 4.98 Å². The summed E-state index contributed by atoms with van der Waals surface area (Å²) in [7, 11) is 0. The average Bonchev–Trinajstić information content (AvgIpc) is 2.66. The molecule has 128 valence electrons. The first kappa shape index (κ1) is 17.0. The van der Waals surface area contributed by atoms with Crippen LogP contribution in [0, 0.1) is 6.92 Å². The van der Waals surface area contributed by atoms with Crippen molar-refractivity contribution in [1.29, 1.82) is 0 Å². The number of aromatic nitrogens is 3. The average molecular weight is 334 g/mol. The van der Waals surface area contributed by atoms with Crippen LogP contribution in [0.25, 0.3) is 11.4 Å². The molecule has 0 aliphatic rings. The van der Waals surface area contributed by atoms with Gasteiger partial charge in [-0.25, -0.2) is 9.97 Å². The summed E-state index contributed by atoms with van der Waals surface area (Å²) < 4.78 is 0. The summed E-state index contributed by atoms with van der Waals surface area (Å²) in [5, 5.41) is 13.6. The summed E-state index contributed by atoms with van der Waals surface area (Å²) in [6.45, 7) is 4.46. The zero-order valence-corrected chi connectivity index (χ0v) is 14.5. The Morgan fingerprint density at radius 3 is 2.60 bits per heavy atom. The Bertz CT molecular complexity index is 836. The number of pyridine rings is 1. The third-order valence-electron chi connectivity index (χ3n) is 3.98. The number of hydrogen-bond acceptors (Lipinski definition) is 5. The normalized spacial score (nSPS) is 12.0. The molecule has 0 radical (unpaired) electrons. The highest BCUT2D eigenvalue weighted by molar-refractivity contribution is 5.56. The van der Waals surface area contributed by atoms with Gasteiger partial charge in [-0.05, 0) is 31.0 Å². The van der Waals surface area contributed by atoms with Gasteiger partial charge in [0.2, 0.25) is 0 Å². The van der Waals surface area contributed by atoms with Crippen molar-refractivity contribution in [1.82, 2.24) is 15.0 Å². The van der Waals surface area contributed by atoms with Crippen LogP contribution in [-0.4, -0.2) is 26.6 Å². The maximum atomic E-state index is 10.4. The summed E-state index contributed by atoms with van der Waals surface area (Å²) in [5.41, 5.74) is 3.90. The van der Waals surface area contributed by atoms with Crippen LogP contribution >= 0.6 is 0 Å². The lowest BCUT2D eigenvalue weighted by Gasteiger charge is -2.14. The highest BCUT2D eigenvalue weighted by atomic mass is 16.3. The van der Waals surface area contributed by atoms with Crippen molar-refractivity contribution < 1.29 is 5.11 Å². The Balaban J connectivity index is 1.78. The number of nitrogens with one attached hydrogen (secondary N) is 1. The molecule has 0 spiro atoms. The van der Waals surface area contributed by atoms with E-state index in [0.717, 1.165) is 28.8 Å².